The number of carbonyl (C=O) groups excluding carboxylic acids is 1. The Morgan fingerprint density at radius 2 is 2.15 bits per heavy atom. The van der Waals surface area contributed by atoms with E-state index >= 15 is 0 Å². The first-order chi connectivity index (χ1) is 9.30. The van der Waals surface area contributed by atoms with Crippen molar-refractivity contribution >= 4 is 21.8 Å². The number of carbonyl (C=O) groups is 1. The van der Waals surface area contributed by atoms with Gasteiger partial charge >= 0.3 is 10.2 Å². The highest BCUT2D eigenvalue weighted by Crippen LogP contribution is 2.29. The highest BCUT2D eigenvalue weighted by molar-refractivity contribution is 7.86. The zero-order chi connectivity index (χ0) is 14.9. The molecule has 8 heteroatoms. The van der Waals surface area contributed by atoms with Crippen molar-refractivity contribution in [3.8, 4) is 6.07 Å². The summed E-state index contributed by atoms with van der Waals surface area (Å²) in [6.07, 6.45) is -0.120. The Morgan fingerprint density at radius 3 is 2.75 bits per heavy atom. The van der Waals surface area contributed by atoms with E-state index < -0.39 is 33.6 Å². The molecule has 0 aromatic heterocycles. The van der Waals surface area contributed by atoms with Crippen LogP contribution in [0.25, 0.3) is 0 Å². The van der Waals surface area contributed by atoms with E-state index in [1.165, 1.54) is 11.0 Å². The average molecular weight is 300 g/mol. The van der Waals surface area contributed by atoms with E-state index in [1.54, 1.807) is 6.07 Å². The minimum absolute atomic E-state index is 0.0116. The number of amides is 1. The molecule has 1 aliphatic rings. The molecular weight excluding hydrogens is 290 g/mol. The maximum atomic E-state index is 13.0. The van der Waals surface area contributed by atoms with Crippen LogP contribution < -0.4 is 4.90 Å². The summed E-state index contributed by atoms with van der Waals surface area (Å²) in [4.78, 5) is 13.0. The lowest BCUT2D eigenvalue weighted by atomic mass is 10.1. The van der Waals surface area contributed by atoms with Crippen molar-refractivity contribution in [2.45, 2.75) is 6.42 Å². The molecule has 1 saturated heterocycles. The highest BCUT2D eigenvalue weighted by Gasteiger charge is 2.34. The van der Waals surface area contributed by atoms with Crippen LogP contribution in [0.2, 0.25) is 0 Å². The standard InChI is InChI=1S/C12H10F2N2O3S/c13-10-1-2-11(9(4-10)5-15)16-6-8(3-12(16)17)7-20(14,18)19/h1-2,4,8H,3,6-7H2. The quantitative estimate of drug-likeness (QED) is 0.789. The second-order valence-corrected chi connectivity index (χ2v) is 5.96. The number of halogens is 2. The fourth-order valence-corrected chi connectivity index (χ4v) is 3.03. The highest BCUT2D eigenvalue weighted by atomic mass is 32.3. The van der Waals surface area contributed by atoms with Gasteiger partial charge in [0.1, 0.15) is 11.9 Å². The van der Waals surface area contributed by atoms with Gasteiger partial charge < -0.3 is 4.90 Å². The summed E-state index contributed by atoms with van der Waals surface area (Å²) in [6.45, 7) is -0.0116. The monoisotopic (exact) mass is 300 g/mol. The molecule has 0 radical (unpaired) electrons. The molecule has 0 bridgehead atoms. The number of rotatable bonds is 3. The van der Waals surface area contributed by atoms with Gasteiger partial charge in [-0.15, -0.1) is 3.89 Å². The van der Waals surface area contributed by atoms with Gasteiger partial charge in [0, 0.05) is 18.9 Å². The van der Waals surface area contributed by atoms with Crippen LogP contribution in [-0.2, 0) is 15.0 Å². The number of hydrogen-bond acceptors (Lipinski definition) is 4. The summed E-state index contributed by atoms with van der Waals surface area (Å²) in [5.41, 5.74) is 0.180. The lowest BCUT2D eigenvalue weighted by molar-refractivity contribution is -0.117. The Labute approximate surface area is 114 Å². The second-order valence-electron chi connectivity index (χ2n) is 4.55. The summed E-state index contributed by atoms with van der Waals surface area (Å²) < 4.78 is 46.9. The number of hydrogen-bond donors (Lipinski definition) is 0. The molecule has 5 nitrogen and oxygen atoms in total. The number of benzene rings is 1. The molecule has 1 fully saturated rings. The minimum atomic E-state index is -4.66. The molecule has 1 aliphatic heterocycles. The lowest BCUT2D eigenvalue weighted by Gasteiger charge is -2.17. The Morgan fingerprint density at radius 1 is 1.45 bits per heavy atom. The molecule has 20 heavy (non-hydrogen) atoms. The average Bonchev–Trinajstić information content (AvgIpc) is 2.67. The van der Waals surface area contributed by atoms with Crippen LogP contribution in [0.4, 0.5) is 14.0 Å². The van der Waals surface area contributed by atoms with E-state index in [1.807, 2.05) is 0 Å². The van der Waals surface area contributed by atoms with Crippen molar-refractivity contribution in [3.63, 3.8) is 0 Å². The fourth-order valence-electron chi connectivity index (χ4n) is 2.24. The summed E-state index contributed by atoms with van der Waals surface area (Å²) in [5.74, 6) is -2.44. The van der Waals surface area contributed by atoms with E-state index in [2.05, 4.69) is 0 Å². The summed E-state index contributed by atoms with van der Waals surface area (Å²) >= 11 is 0. The van der Waals surface area contributed by atoms with Crippen LogP contribution >= 0.6 is 0 Å². The van der Waals surface area contributed by atoms with E-state index in [9.17, 15) is 21.5 Å². The van der Waals surface area contributed by atoms with Gasteiger partial charge in [-0.25, -0.2) is 4.39 Å². The van der Waals surface area contributed by atoms with Crippen molar-refractivity contribution in [3.05, 3.63) is 29.6 Å². The topological polar surface area (TPSA) is 78.2 Å². The van der Waals surface area contributed by atoms with Crippen LogP contribution in [0.3, 0.4) is 0 Å². The molecule has 106 valence electrons. The molecule has 1 aromatic rings. The van der Waals surface area contributed by atoms with Crippen LogP contribution in [0.15, 0.2) is 18.2 Å². The maximum absolute atomic E-state index is 13.0. The zero-order valence-electron chi connectivity index (χ0n) is 10.2. The van der Waals surface area contributed by atoms with Crippen LogP contribution in [-0.4, -0.2) is 26.6 Å². The Balaban J connectivity index is 2.27. The van der Waals surface area contributed by atoms with Gasteiger partial charge in [-0.05, 0) is 18.2 Å². The molecular formula is C12H10F2N2O3S. The van der Waals surface area contributed by atoms with E-state index in [0.717, 1.165) is 12.1 Å². The molecule has 2 rings (SSSR count). The van der Waals surface area contributed by atoms with Gasteiger partial charge in [-0.3, -0.25) is 4.79 Å². The minimum Gasteiger partial charge on any atom is -0.311 e. The third-order valence-electron chi connectivity index (χ3n) is 3.01. The number of nitriles is 1. The third-order valence-corrected chi connectivity index (χ3v) is 3.88. The molecule has 0 saturated carbocycles. The normalized spacial score (nSPS) is 19.1. The van der Waals surface area contributed by atoms with E-state index in [4.69, 9.17) is 5.26 Å². The Kier molecular flexibility index (Phi) is 3.72. The third kappa shape index (κ3) is 3.11. The number of anilines is 1. The predicted molar refractivity (Wildman–Crippen MR) is 66.5 cm³/mol. The van der Waals surface area contributed by atoms with Crippen LogP contribution in [0.5, 0.6) is 0 Å². The van der Waals surface area contributed by atoms with Gasteiger partial charge in [-0.1, -0.05) is 0 Å². The molecule has 0 N–H and O–H groups in total. The molecule has 1 amide bonds. The van der Waals surface area contributed by atoms with Crippen molar-refractivity contribution < 1.29 is 21.5 Å². The molecule has 1 aromatic carbocycles. The molecule has 1 atom stereocenters. The van der Waals surface area contributed by atoms with Crippen molar-refractivity contribution in [1.82, 2.24) is 0 Å². The molecule has 1 unspecified atom stereocenters. The fraction of sp³-hybridized carbons (Fsp3) is 0.333. The van der Waals surface area contributed by atoms with Gasteiger partial charge in [0.2, 0.25) is 5.91 Å². The van der Waals surface area contributed by atoms with E-state index in [-0.39, 0.29) is 24.2 Å². The van der Waals surface area contributed by atoms with Gasteiger partial charge in [0.15, 0.2) is 0 Å². The molecule has 1 heterocycles. The van der Waals surface area contributed by atoms with Crippen molar-refractivity contribution in [1.29, 1.82) is 5.26 Å². The molecule has 0 aliphatic carbocycles. The first-order valence-corrected chi connectivity index (χ1v) is 7.28. The van der Waals surface area contributed by atoms with Gasteiger partial charge in [0.05, 0.1) is 17.0 Å². The summed E-state index contributed by atoms with van der Waals surface area (Å²) in [5, 5.41) is 8.93. The van der Waals surface area contributed by atoms with Crippen molar-refractivity contribution in [2.24, 2.45) is 5.92 Å². The number of nitrogens with zero attached hydrogens (tertiary/aromatic N) is 2. The lowest BCUT2D eigenvalue weighted by Crippen LogP contribution is -2.26. The van der Waals surface area contributed by atoms with Crippen LogP contribution in [0.1, 0.15) is 12.0 Å². The summed E-state index contributed by atoms with van der Waals surface area (Å²) in [7, 11) is -4.66. The zero-order valence-corrected chi connectivity index (χ0v) is 11.0. The predicted octanol–water partition coefficient (Wildman–Crippen LogP) is 1.35. The largest absolute Gasteiger partial charge is 0.311 e. The van der Waals surface area contributed by atoms with Crippen molar-refractivity contribution in [2.75, 3.05) is 17.2 Å². The van der Waals surface area contributed by atoms with Gasteiger partial charge in [0.25, 0.3) is 0 Å². The van der Waals surface area contributed by atoms with E-state index in [0.29, 0.717) is 0 Å². The first-order valence-electron chi connectivity index (χ1n) is 5.72. The smallest absolute Gasteiger partial charge is 0.302 e. The van der Waals surface area contributed by atoms with Gasteiger partial charge in [-0.2, -0.15) is 13.7 Å². The second kappa shape index (κ2) is 5.17. The Hall–Kier alpha value is -2.01. The first kappa shape index (κ1) is 14.4. The van der Waals surface area contributed by atoms with Crippen LogP contribution in [0, 0.1) is 23.1 Å². The Bertz CT molecular complexity index is 697. The SMILES string of the molecule is N#Cc1cc(F)ccc1N1CC(CS(=O)(=O)F)CC1=O. The summed E-state index contributed by atoms with van der Waals surface area (Å²) in [6, 6.07) is 5.13. The maximum Gasteiger partial charge on any atom is 0.302 e. The molecule has 0 spiro atoms.